The molecular formula is C43H48ClN9O6S. The molecule has 3 aliphatic heterocycles. The minimum Gasteiger partial charge on any atom is -0.353 e. The number of halogens is 1. The highest BCUT2D eigenvalue weighted by atomic mass is 35.5. The van der Waals surface area contributed by atoms with Crippen molar-refractivity contribution in [3.8, 4) is 0 Å². The van der Waals surface area contributed by atoms with E-state index in [1.807, 2.05) is 49.9 Å². The Bertz CT molecular complexity index is 2310. The molecule has 7 rings (SSSR count). The molecule has 6 amide bonds. The van der Waals surface area contributed by atoms with Gasteiger partial charge in [-0.05, 0) is 62.3 Å². The van der Waals surface area contributed by atoms with Gasteiger partial charge < -0.3 is 20.4 Å². The van der Waals surface area contributed by atoms with Crippen molar-refractivity contribution in [2.24, 2.45) is 0 Å². The third-order valence-electron chi connectivity index (χ3n) is 11.3. The Balaban J connectivity index is 0.814. The molecule has 0 saturated carbocycles. The van der Waals surface area contributed by atoms with Crippen molar-refractivity contribution in [2.75, 3.05) is 41.7 Å². The summed E-state index contributed by atoms with van der Waals surface area (Å²) in [6.45, 7) is 8.23. The maximum Gasteiger partial charge on any atom is 0.267 e. The third-order valence-corrected chi connectivity index (χ3v) is 12.5. The molecule has 0 spiro atoms. The van der Waals surface area contributed by atoms with E-state index in [0.717, 1.165) is 60.4 Å². The van der Waals surface area contributed by atoms with Crippen LogP contribution in [-0.2, 0) is 14.4 Å². The number of fused-ring (bicyclic) bond motifs is 1. The Morgan fingerprint density at radius 1 is 0.950 bits per heavy atom. The number of thiazole rings is 1. The predicted octanol–water partition coefficient (Wildman–Crippen LogP) is 6.78. The first kappa shape index (κ1) is 42.4. The predicted molar refractivity (Wildman–Crippen MR) is 229 cm³/mol. The van der Waals surface area contributed by atoms with Crippen LogP contribution in [0.1, 0.15) is 118 Å². The fourth-order valence-corrected chi connectivity index (χ4v) is 8.98. The number of piperazine rings is 1. The first-order valence-corrected chi connectivity index (χ1v) is 21.6. The number of aromatic nitrogens is 3. The van der Waals surface area contributed by atoms with E-state index in [1.54, 1.807) is 18.2 Å². The zero-order valence-electron chi connectivity index (χ0n) is 33.9. The lowest BCUT2D eigenvalue weighted by Gasteiger charge is -2.35. The second-order valence-electron chi connectivity index (χ2n) is 15.5. The zero-order valence-corrected chi connectivity index (χ0v) is 35.5. The van der Waals surface area contributed by atoms with Crippen LogP contribution in [0.15, 0.2) is 48.7 Å². The molecule has 2 unspecified atom stereocenters. The van der Waals surface area contributed by atoms with Crippen molar-refractivity contribution in [3.05, 3.63) is 86.6 Å². The molecule has 2 fully saturated rings. The number of rotatable bonds is 15. The van der Waals surface area contributed by atoms with Gasteiger partial charge in [0.1, 0.15) is 28.4 Å². The fourth-order valence-electron chi connectivity index (χ4n) is 8.00. The van der Waals surface area contributed by atoms with Crippen molar-refractivity contribution >= 4 is 80.8 Å². The van der Waals surface area contributed by atoms with E-state index in [4.69, 9.17) is 11.6 Å². The number of carbonyl (C=O) groups is 6. The second kappa shape index (κ2) is 18.7. The number of imide groups is 2. The van der Waals surface area contributed by atoms with Crippen LogP contribution in [-0.4, -0.2) is 92.4 Å². The van der Waals surface area contributed by atoms with E-state index in [2.05, 4.69) is 35.8 Å². The van der Waals surface area contributed by atoms with Crippen LogP contribution in [0.5, 0.6) is 0 Å². The van der Waals surface area contributed by atoms with Gasteiger partial charge in [0, 0.05) is 45.1 Å². The summed E-state index contributed by atoms with van der Waals surface area (Å²) in [5.74, 6) is -0.201. The van der Waals surface area contributed by atoms with Crippen molar-refractivity contribution in [2.45, 2.75) is 90.5 Å². The number of piperidine rings is 1. The molecule has 15 nitrogen and oxygen atoms in total. The van der Waals surface area contributed by atoms with E-state index in [-0.39, 0.29) is 30.6 Å². The summed E-state index contributed by atoms with van der Waals surface area (Å²) in [7, 11) is 0. The van der Waals surface area contributed by atoms with Crippen LogP contribution in [0.25, 0.3) is 0 Å². The first-order valence-electron chi connectivity index (χ1n) is 20.4. The molecule has 3 N–H and O–H groups in total. The van der Waals surface area contributed by atoms with E-state index in [0.29, 0.717) is 76.1 Å². The van der Waals surface area contributed by atoms with Crippen molar-refractivity contribution in [3.63, 3.8) is 0 Å². The van der Waals surface area contributed by atoms with Gasteiger partial charge in [-0.25, -0.2) is 15.0 Å². The van der Waals surface area contributed by atoms with E-state index in [1.165, 1.54) is 17.5 Å². The quantitative estimate of drug-likeness (QED) is 0.0845. The highest BCUT2D eigenvalue weighted by Crippen LogP contribution is 2.35. The Hall–Kier alpha value is -5.74. The summed E-state index contributed by atoms with van der Waals surface area (Å²) in [4.78, 5) is 95.9. The third kappa shape index (κ3) is 9.49. The van der Waals surface area contributed by atoms with Gasteiger partial charge in [0.2, 0.25) is 17.7 Å². The average Bonchev–Trinajstić information content (AvgIpc) is 3.80. The number of para-hydroxylation sites is 1. The van der Waals surface area contributed by atoms with Crippen LogP contribution >= 0.6 is 22.9 Å². The SMILES string of the molecule is Cc1nc(Nc2ncc(C(=O)Nc3c(C)cccc3Cl)s2)cc(N2CCN(C(=O)CCCCCCCC(C)c3cccc4c3C(=O)N(C3CCC(=O)NC3=O)C4=O)CC2)n1. The maximum atomic E-state index is 13.5. The summed E-state index contributed by atoms with van der Waals surface area (Å²) in [6.07, 6.45) is 7.71. The molecule has 4 aromatic rings. The Morgan fingerprint density at radius 3 is 2.47 bits per heavy atom. The average molecular weight is 854 g/mol. The summed E-state index contributed by atoms with van der Waals surface area (Å²) >= 11 is 7.49. The molecule has 314 valence electrons. The largest absolute Gasteiger partial charge is 0.353 e. The lowest BCUT2D eigenvalue weighted by molar-refractivity contribution is -0.136. The molecule has 2 aromatic carbocycles. The van der Waals surface area contributed by atoms with Gasteiger partial charge in [-0.15, -0.1) is 0 Å². The van der Waals surface area contributed by atoms with Gasteiger partial charge in [-0.2, -0.15) is 0 Å². The Labute approximate surface area is 357 Å². The van der Waals surface area contributed by atoms with Crippen LogP contribution in [0.4, 0.5) is 22.5 Å². The van der Waals surface area contributed by atoms with Gasteiger partial charge in [0.15, 0.2) is 5.13 Å². The molecule has 17 heteroatoms. The summed E-state index contributed by atoms with van der Waals surface area (Å²) in [6, 6.07) is 11.6. The Kier molecular flexibility index (Phi) is 13.2. The smallest absolute Gasteiger partial charge is 0.267 e. The number of nitrogens with zero attached hydrogens (tertiary/aromatic N) is 6. The first-order chi connectivity index (χ1) is 28.9. The summed E-state index contributed by atoms with van der Waals surface area (Å²) in [5, 5.41) is 9.30. The molecule has 60 heavy (non-hydrogen) atoms. The number of nitrogens with one attached hydrogen (secondary N) is 3. The van der Waals surface area contributed by atoms with Crippen molar-refractivity contribution in [1.29, 1.82) is 0 Å². The highest BCUT2D eigenvalue weighted by molar-refractivity contribution is 7.17. The van der Waals surface area contributed by atoms with E-state index >= 15 is 0 Å². The van der Waals surface area contributed by atoms with Gasteiger partial charge >= 0.3 is 0 Å². The van der Waals surface area contributed by atoms with Crippen LogP contribution < -0.4 is 20.9 Å². The number of hydrogen-bond acceptors (Lipinski definition) is 12. The van der Waals surface area contributed by atoms with Crippen molar-refractivity contribution in [1.82, 2.24) is 30.1 Å². The number of carbonyl (C=O) groups excluding carboxylic acids is 6. The topological polar surface area (TPSA) is 187 Å². The molecule has 0 aliphatic carbocycles. The number of aryl methyl sites for hydroxylation is 2. The standard InChI is InChI=1S/C43H48ClN9O6S/c1-25(28-13-10-14-29-37(28)42(59)53(41(29)58)31-17-18-35(54)49-39(31)56)11-7-5-4-6-8-16-36(55)52-21-19-51(20-22-52)34-23-33(46-27(3)47-34)48-43-45-24-32(60-43)40(57)50-38-26(2)12-9-15-30(38)44/h9-10,12-15,23-25,31H,4-8,11,16-22H2,1-3H3,(H,50,57)(H,49,54,56)(H,45,46,47,48). The van der Waals surface area contributed by atoms with Crippen LogP contribution in [0, 0.1) is 13.8 Å². The molecule has 2 aromatic heterocycles. The summed E-state index contributed by atoms with van der Waals surface area (Å²) < 4.78 is 0. The van der Waals surface area contributed by atoms with Gasteiger partial charge in [0.05, 0.1) is 28.0 Å². The maximum absolute atomic E-state index is 13.5. The highest BCUT2D eigenvalue weighted by Gasteiger charge is 2.45. The van der Waals surface area contributed by atoms with Crippen LogP contribution in [0.3, 0.4) is 0 Å². The van der Waals surface area contributed by atoms with E-state index in [9.17, 15) is 28.8 Å². The fraction of sp³-hybridized carbons (Fsp3) is 0.419. The Morgan fingerprint density at radius 2 is 1.70 bits per heavy atom. The van der Waals surface area contributed by atoms with Gasteiger partial charge in [-0.3, -0.25) is 39.0 Å². The number of anilines is 4. The van der Waals surface area contributed by atoms with Gasteiger partial charge in [-0.1, -0.05) is 79.8 Å². The number of benzene rings is 2. The minimum atomic E-state index is -0.985. The minimum absolute atomic E-state index is 0.0318. The lowest BCUT2D eigenvalue weighted by atomic mass is 9.89. The zero-order chi connectivity index (χ0) is 42.5. The molecular weight excluding hydrogens is 806 g/mol. The molecule has 3 aliphatic rings. The summed E-state index contributed by atoms with van der Waals surface area (Å²) in [5.41, 5.74) is 2.90. The molecule has 0 radical (unpaired) electrons. The second-order valence-corrected chi connectivity index (χ2v) is 16.9. The van der Waals surface area contributed by atoms with E-state index < -0.39 is 29.7 Å². The molecule has 2 atom stereocenters. The van der Waals surface area contributed by atoms with Crippen LogP contribution in [0.2, 0.25) is 5.02 Å². The van der Waals surface area contributed by atoms with Gasteiger partial charge in [0.25, 0.3) is 17.7 Å². The molecule has 2 saturated heterocycles. The van der Waals surface area contributed by atoms with Crippen molar-refractivity contribution < 1.29 is 28.8 Å². The number of amides is 6. The molecule has 0 bridgehead atoms. The lowest BCUT2D eigenvalue weighted by Crippen LogP contribution is -2.54. The monoisotopic (exact) mass is 853 g/mol. The normalized spacial score (nSPS) is 17.1. The molecule has 5 heterocycles. The number of unbranched alkanes of at least 4 members (excludes halogenated alkanes) is 4. The number of hydrogen-bond donors (Lipinski definition) is 3.